The molecule has 20 atom stereocenters. The number of rotatable bonds is 44. The Balaban J connectivity index is 0.972. The molecule has 20 N–H and O–H groups in total. The predicted octanol–water partition coefficient (Wildman–Crippen LogP) is -4.39. The van der Waals surface area contributed by atoms with E-state index in [9.17, 15) is 115 Å². The largest absolute Gasteiger partial charge is 0.493 e. The summed E-state index contributed by atoms with van der Waals surface area (Å²) in [6, 6.07) is 21.9. The van der Waals surface area contributed by atoms with Crippen LogP contribution in [-0.2, 0) is 84.7 Å². The van der Waals surface area contributed by atoms with Gasteiger partial charge in [-0.15, -0.1) is 0 Å². The van der Waals surface area contributed by atoms with Gasteiger partial charge in [-0.25, -0.2) is 52.6 Å². The highest BCUT2D eigenvalue weighted by atomic mass is 32.2. The molecule has 0 aromatic heterocycles. The number of sulfonamides is 4. The smallest absolute Gasteiger partial charge is 0.211 e. The fourth-order valence-electron chi connectivity index (χ4n) is 15.0. The molecule has 116 heavy (non-hydrogen) atoms. The normalized spacial score (nSPS) is 28.8. The van der Waals surface area contributed by atoms with E-state index in [-0.39, 0.29) is 155 Å². The van der Waals surface area contributed by atoms with E-state index in [1.54, 1.807) is 0 Å². The SMILES string of the molecule is O=S(=O)(CCCOc1c2cccc1Cc1cccc(c1OCCCS(=O)(=O)NCCCC1OC(CO)C(O)C(O)C1O)Cc1cccc(c1OCCCS(=O)(=O)NCCCC1OC(CO)C(O)C(O)C1O)Cc1cccc(c1OCCCS(=O)(=O)NCCCC1OC(CO)C(O)C(O)C1O)C2)NCCCC1OC(CO)C(O)C(O)C1O. The molecule has 0 spiro atoms. The van der Waals surface area contributed by atoms with Crippen molar-refractivity contribution >= 4 is 40.1 Å². The van der Waals surface area contributed by atoms with Gasteiger partial charge in [-0.05, 0) is 122 Å². The molecule has 4 heterocycles. The van der Waals surface area contributed by atoms with Gasteiger partial charge in [0.2, 0.25) is 40.1 Å². The highest BCUT2D eigenvalue weighted by Crippen LogP contribution is 2.40. The van der Waals surface area contributed by atoms with Crippen LogP contribution in [0.5, 0.6) is 23.0 Å². The van der Waals surface area contributed by atoms with Crippen LogP contribution in [0.4, 0.5) is 0 Å². The first kappa shape index (κ1) is 94.8. The first-order valence-corrected chi connectivity index (χ1v) is 46.0. The van der Waals surface area contributed by atoms with Crippen molar-refractivity contribution in [2.75, 3.05) is 102 Å². The lowest BCUT2D eigenvalue weighted by molar-refractivity contribution is -0.230. The van der Waals surface area contributed by atoms with E-state index in [0.29, 0.717) is 67.5 Å². The van der Waals surface area contributed by atoms with Crippen LogP contribution < -0.4 is 37.8 Å². The van der Waals surface area contributed by atoms with E-state index in [1.807, 2.05) is 72.8 Å². The molecular formula is C76H116N4O32S4. The van der Waals surface area contributed by atoms with E-state index in [0.717, 1.165) is 0 Å². The highest BCUT2D eigenvalue weighted by molar-refractivity contribution is 7.90. The van der Waals surface area contributed by atoms with Gasteiger partial charge in [-0.3, -0.25) is 0 Å². The summed E-state index contributed by atoms with van der Waals surface area (Å²) < 4.78 is 168. The number of hydrogen-bond acceptors (Lipinski definition) is 32. The minimum absolute atomic E-state index is 0.0262. The summed E-state index contributed by atoms with van der Waals surface area (Å²) in [7, 11) is -15.9. The lowest BCUT2D eigenvalue weighted by atomic mass is 9.91. The predicted molar refractivity (Wildman–Crippen MR) is 417 cm³/mol. The van der Waals surface area contributed by atoms with Crippen molar-refractivity contribution in [3.8, 4) is 23.0 Å². The lowest BCUT2D eigenvalue weighted by Crippen LogP contribution is -2.58. The molecule has 8 bridgehead atoms. The van der Waals surface area contributed by atoms with Crippen LogP contribution >= 0.6 is 0 Å². The van der Waals surface area contributed by atoms with Crippen LogP contribution in [-0.4, -0.2) is 340 Å². The van der Waals surface area contributed by atoms with E-state index >= 15 is 0 Å². The van der Waals surface area contributed by atoms with Gasteiger partial charge in [0, 0.05) is 51.9 Å². The molecule has 4 fully saturated rings. The number of para-hydroxylation sites is 4. The van der Waals surface area contributed by atoms with E-state index in [1.165, 1.54) is 0 Å². The molecule has 0 amide bonds. The number of nitrogens with one attached hydrogen (secondary N) is 4. The van der Waals surface area contributed by atoms with Crippen molar-refractivity contribution in [2.24, 2.45) is 0 Å². The van der Waals surface area contributed by atoms with Crippen LogP contribution in [0.1, 0.15) is 122 Å². The summed E-state index contributed by atoms with van der Waals surface area (Å²) in [6.45, 7) is -3.37. The maximum absolute atomic E-state index is 13.6. The highest BCUT2D eigenvalue weighted by Gasteiger charge is 2.47. The first-order valence-electron chi connectivity index (χ1n) is 39.3. The zero-order valence-electron chi connectivity index (χ0n) is 64.4. The maximum Gasteiger partial charge on any atom is 0.211 e. The molecule has 40 heteroatoms. The van der Waals surface area contributed by atoms with Crippen molar-refractivity contribution in [1.82, 2.24) is 18.9 Å². The van der Waals surface area contributed by atoms with Gasteiger partial charge in [-0.2, -0.15) is 0 Å². The number of aliphatic hydroxyl groups is 16. The Morgan fingerprint density at radius 3 is 0.612 bits per heavy atom. The van der Waals surface area contributed by atoms with Gasteiger partial charge >= 0.3 is 0 Å². The Morgan fingerprint density at radius 2 is 0.440 bits per heavy atom. The Bertz CT molecular complexity index is 3580. The molecule has 36 nitrogen and oxygen atoms in total. The van der Waals surface area contributed by atoms with E-state index in [4.69, 9.17) is 37.9 Å². The second-order valence-corrected chi connectivity index (χ2v) is 37.7. The molecule has 9 rings (SSSR count). The molecule has 5 aliphatic rings. The van der Waals surface area contributed by atoms with Crippen molar-refractivity contribution in [2.45, 2.75) is 225 Å². The Hall–Kier alpha value is -5.08. The van der Waals surface area contributed by atoms with E-state index in [2.05, 4.69) is 18.9 Å². The van der Waals surface area contributed by atoms with Crippen LogP contribution in [0.2, 0.25) is 0 Å². The molecule has 4 saturated heterocycles. The molecule has 0 radical (unpaired) electrons. The number of aliphatic hydroxyl groups excluding tert-OH is 16. The lowest BCUT2D eigenvalue weighted by Gasteiger charge is -2.40. The van der Waals surface area contributed by atoms with Crippen molar-refractivity contribution in [1.29, 1.82) is 0 Å². The van der Waals surface area contributed by atoms with Gasteiger partial charge in [0.25, 0.3) is 0 Å². The minimum Gasteiger partial charge on any atom is -0.493 e. The molecule has 4 aromatic carbocycles. The summed E-state index contributed by atoms with van der Waals surface area (Å²) in [5.74, 6) is -0.0987. The summed E-state index contributed by atoms with van der Waals surface area (Å²) in [4.78, 5) is 0. The van der Waals surface area contributed by atoms with E-state index < -0.39 is 212 Å². The zero-order chi connectivity index (χ0) is 84.1. The quantitative estimate of drug-likeness (QED) is 0.0164. The molecule has 20 unspecified atom stereocenters. The average Bonchev–Trinajstić information content (AvgIpc) is 0.782. The average molecular weight is 1730 g/mol. The first-order chi connectivity index (χ1) is 55.3. The van der Waals surface area contributed by atoms with Crippen LogP contribution in [0.3, 0.4) is 0 Å². The number of benzene rings is 4. The molecular weight excluding hydrogens is 1610 g/mol. The van der Waals surface area contributed by atoms with Gasteiger partial charge in [-0.1, -0.05) is 72.8 Å². The Kier molecular flexibility index (Phi) is 36.5. The van der Waals surface area contributed by atoms with Crippen molar-refractivity contribution < 1.29 is 153 Å². The zero-order valence-corrected chi connectivity index (χ0v) is 67.7. The van der Waals surface area contributed by atoms with Gasteiger partial charge in [0.05, 0.1) is 100 Å². The summed E-state index contributed by atoms with van der Waals surface area (Å²) in [5, 5.41) is 163. The molecule has 1 aliphatic carbocycles. The summed E-state index contributed by atoms with van der Waals surface area (Å²) in [5.41, 5.74) is 4.85. The summed E-state index contributed by atoms with van der Waals surface area (Å²) in [6.07, 6.45) is -25.9. The monoisotopic (exact) mass is 1720 g/mol. The fraction of sp³-hybridized carbons (Fsp3) is 0.684. The van der Waals surface area contributed by atoms with Gasteiger partial charge in [0.15, 0.2) is 0 Å². The molecule has 4 aliphatic heterocycles. The third-order valence-electron chi connectivity index (χ3n) is 21.4. The van der Waals surface area contributed by atoms with Crippen LogP contribution in [0.25, 0.3) is 0 Å². The molecule has 656 valence electrons. The third kappa shape index (κ3) is 26.5. The van der Waals surface area contributed by atoms with Crippen molar-refractivity contribution in [3.63, 3.8) is 0 Å². The maximum atomic E-state index is 13.6. The standard InChI is InChI=1S/C76H116N4O32S4/c81-41-57-65(89)69(93)61(85)53(109-57)21-5-25-77-113(97,98)33-9-29-105-73-45-13-1-14-46(73)38-48-16-3-18-50(75(48)107-31-11-35-115(101,102)79-27-7-23-55-63(87)71(95)67(91)59(43-83)111-55)40-52-20-4-19-51(76(52)108-32-12-36-116(103,104)80-28-8-24-56-64(88)72(96)68(92)60(44-84)112-56)39-49-17-2-15-47(37-45)74(49)106-30-10-34-114(99,100)78-26-6-22-54-62(86)70(94)66(90)58(42-82)110-54/h1-4,13-20,53-72,77-96H,5-12,21-44H2. The number of hydrogen-bond donors (Lipinski definition) is 20. The molecule has 0 saturated carbocycles. The van der Waals surface area contributed by atoms with Crippen LogP contribution in [0.15, 0.2) is 72.8 Å². The second kappa shape index (κ2) is 44.6. The van der Waals surface area contributed by atoms with Gasteiger partial charge < -0.3 is 120 Å². The Morgan fingerprint density at radius 1 is 0.267 bits per heavy atom. The number of ether oxygens (including phenoxy) is 8. The Labute approximate surface area is 675 Å². The van der Waals surface area contributed by atoms with Gasteiger partial charge in [0.1, 0.15) is 121 Å². The fourth-order valence-corrected chi connectivity index (χ4v) is 19.4. The minimum atomic E-state index is -3.96. The third-order valence-corrected chi connectivity index (χ3v) is 27.2. The second-order valence-electron chi connectivity index (χ2n) is 30.0. The molecule has 4 aromatic rings. The number of fused-ring (bicyclic) bond motifs is 8. The summed E-state index contributed by atoms with van der Waals surface area (Å²) >= 11 is 0. The topological polar surface area (TPSA) is 582 Å². The van der Waals surface area contributed by atoms with Crippen molar-refractivity contribution in [3.05, 3.63) is 117 Å². The van der Waals surface area contributed by atoms with Crippen LogP contribution in [0, 0.1) is 0 Å².